The third kappa shape index (κ3) is 6.35. The maximum Gasteiger partial charge on any atom is 0.410 e. The molecule has 1 saturated heterocycles. The van der Waals surface area contributed by atoms with Gasteiger partial charge in [-0.2, -0.15) is 0 Å². The molecule has 0 atom stereocenters. The number of nitrogens with zero attached hydrogens (tertiary/aromatic N) is 3. The highest BCUT2D eigenvalue weighted by Crippen LogP contribution is 2.18. The maximum atomic E-state index is 12.3. The summed E-state index contributed by atoms with van der Waals surface area (Å²) >= 11 is 0. The average Bonchev–Trinajstić information content (AvgIpc) is 2.73. The van der Waals surface area contributed by atoms with Crippen LogP contribution in [-0.2, 0) is 17.8 Å². The standard InChI is InChI=1S/C23H32N4O3/c1-23(2,3)30-22(28)27-14-12-26(13-15-27)17-19-6-5-11-24-21(19)25-16-18-7-9-20(29-4)10-8-18/h5-11H,12-17H2,1-4H3,(H,24,25). The quantitative estimate of drug-likeness (QED) is 0.779. The van der Waals surface area contributed by atoms with Gasteiger partial charge in [-0.05, 0) is 44.5 Å². The van der Waals surface area contributed by atoms with Crippen LogP contribution in [0.3, 0.4) is 0 Å². The van der Waals surface area contributed by atoms with Gasteiger partial charge in [0.25, 0.3) is 0 Å². The smallest absolute Gasteiger partial charge is 0.410 e. The van der Waals surface area contributed by atoms with E-state index in [0.29, 0.717) is 19.6 Å². The minimum atomic E-state index is -0.464. The fourth-order valence-corrected chi connectivity index (χ4v) is 3.31. The lowest BCUT2D eigenvalue weighted by Gasteiger charge is -2.35. The van der Waals surface area contributed by atoms with E-state index in [4.69, 9.17) is 9.47 Å². The third-order valence-corrected chi connectivity index (χ3v) is 4.93. The summed E-state index contributed by atoms with van der Waals surface area (Å²) in [5, 5.41) is 3.45. The van der Waals surface area contributed by atoms with Crippen molar-refractivity contribution in [2.45, 2.75) is 39.5 Å². The molecule has 0 spiro atoms. The number of anilines is 1. The third-order valence-electron chi connectivity index (χ3n) is 4.93. The van der Waals surface area contributed by atoms with Crippen molar-refractivity contribution in [1.82, 2.24) is 14.8 Å². The molecule has 1 aliphatic rings. The molecule has 0 aliphatic carbocycles. The second kappa shape index (κ2) is 9.80. The fourth-order valence-electron chi connectivity index (χ4n) is 3.31. The zero-order valence-electron chi connectivity index (χ0n) is 18.4. The average molecular weight is 413 g/mol. The maximum absolute atomic E-state index is 12.3. The SMILES string of the molecule is COc1ccc(CNc2ncccc2CN2CCN(C(=O)OC(C)(C)C)CC2)cc1. The Morgan fingerprint density at radius 3 is 2.43 bits per heavy atom. The van der Waals surface area contributed by atoms with Crippen molar-refractivity contribution in [2.24, 2.45) is 0 Å². The van der Waals surface area contributed by atoms with Crippen LogP contribution in [0, 0.1) is 0 Å². The molecule has 30 heavy (non-hydrogen) atoms. The van der Waals surface area contributed by atoms with Gasteiger partial charge in [0.15, 0.2) is 0 Å². The van der Waals surface area contributed by atoms with E-state index in [9.17, 15) is 4.79 Å². The number of amides is 1. The van der Waals surface area contributed by atoms with Gasteiger partial charge in [-0.25, -0.2) is 9.78 Å². The van der Waals surface area contributed by atoms with Crippen molar-refractivity contribution in [3.8, 4) is 5.75 Å². The van der Waals surface area contributed by atoms with Crippen molar-refractivity contribution in [2.75, 3.05) is 38.6 Å². The molecule has 1 N–H and O–H groups in total. The number of carbonyl (C=O) groups is 1. The van der Waals surface area contributed by atoms with Crippen molar-refractivity contribution < 1.29 is 14.3 Å². The Morgan fingerprint density at radius 2 is 1.80 bits per heavy atom. The molecule has 1 aromatic carbocycles. The van der Waals surface area contributed by atoms with Crippen molar-refractivity contribution in [3.63, 3.8) is 0 Å². The van der Waals surface area contributed by atoms with Crippen LogP contribution in [0.4, 0.5) is 10.6 Å². The molecule has 1 aliphatic heterocycles. The molecule has 0 saturated carbocycles. The zero-order valence-corrected chi connectivity index (χ0v) is 18.4. The minimum absolute atomic E-state index is 0.231. The molecule has 0 bridgehead atoms. The summed E-state index contributed by atoms with van der Waals surface area (Å²) in [6, 6.07) is 12.1. The van der Waals surface area contributed by atoms with Crippen LogP contribution in [0.2, 0.25) is 0 Å². The predicted octanol–water partition coefficient (Wildman–Crippen LogP) is 3.76. The van der Waals surface area contributed by atoms with Gasteiger partial charge in [-0.15, -0.1) is 0 Å². The lowest BCUT2D eigenvalue weighted by atomic mass is 10.2. The van der Waals surface area contributed by atoms with Crippen LogP contribution in [0.5, 0.6) is 5.75 Å². The first-order valence-electron chi connectivity index (χ1n) is 10.3. The molecule has 3 rings (SSSR count). The van der Waals surface area contributed by atoms with E-state index in [2.05, 4.69) is 21.3 Å². The second-order valence-electron chi connectivity index (χ2n) is 8.46. The van der Waals surface area contributed by atoms with Crippen LogP contribution in [-0.4, -0.2) is 59.8 Å². The lowest BCUT2D eigenvalue weighted by Crippen LogP contribution is -2.49. The summed E-state index contributed by atoms with van der Waals surface area (Å²) in [5.41, 5.74) is 1.85. The Hall–Kier alpha value is -2.80. The number of carbonyl (C=O) groups excluding carboxylic acids is 1. The molecule has 1 aromatic heterocycles. The fraction of sp³-hybridized carbons (Fsp3) is 0.478. The topological polar surface area (TPSA) is 66.9 Å². The van der Waals surface area contributed by atoms with Crippen molar-refractivity contribution >= 4 is 11.9 Å². The number of hydrogen-bond donors (Lipinski definition) is 1. The zero-order chi connectivity index (χ0) is 21.6. The van der Waals surface area contributed by atoms with Crippen LogP contribution < -0.4 is 10.1 Å². The summed E-state index contributed by atoms with van der Waals surface area (Å²) in [6.07, 6.45) is 1.57. The summed E-state index contributed by atoms with van der Waals surface area (Å²) in [4.78, 5) is 20.9. The number of pyridine rings is 1. The second-order valence-corrected chi connectivity index (χ2v) is 8.46. The predicted molar refractivity (Wildman–Crippen MR) is 118 cm³/mol. The molecule has 7 nitrogen and oxygen atoms in total. The number of ether oxygens (including phenoxy) is 2. The van der Waals surface area contributed by atoms with E-state index < -0.39 is 5.60 Å². The van der Waals surface area contributed by atoms with Gasteiger partial charge in [-0.3, -0.25) is 4.90 Å². The van der Waals surface area contributed by atoms with Crippen LogP contribution >= 0.6 is 0 Å². The van der Waals surface area contributed by atoms with E-state index >= 15 is 0 Å². The molecule has 7 heteroatoms. The summed E-state index contributed by atoms with van der Waals surface area (Å²) < 4.78 is 10.7. The van der Waals surface area contributed by atoms with Crippen LogP contribution in [0.1, 0.15) is 31.9 Å². The number of aromatic nitrogens is 1. The van der Waals surface area contributed by atoms with E-state index in [1.165, 1.54) is 5.56 Å². The van der Waals surface area contributed by atoms with Crippen molar-refractivity contribution in [3.05, 3.63) is 53.7 Å². The number of rotatable bonds is 6. The summed E-state index contributed by atoms with van der Waals surface area (Å²) in [7, 11) is 1.67. The Bertz CT molecular complexity index is 825. The van der Waals surface area contributed by atoms with Gasteiger partial charge in [0.05, 0.1) is 7.11 Å². The Morgan fingerprint density at radius 1 is 1.10 bits per heavy atom. The van der Waals surface area contributed by atoms with E-state index in [-0.39, 0.29) is 6.09 Å². The van der Waals surface area contributed by atoms with E-state index in [1.807, 2.05) is 51.1 Å². The van der Waals surface area contributed by atoms with Gasteiger partial charge in [-0.1, -0.05) is 18.2 Å². The monoisotopic (exact) mass is 412 g/mol. The number of nitrogens with one attached hydrogen (secondary N) is 1. The molecule has 1 amide bonds. The molecular weight excluding hydrogens is 380 g/mol. The molecule has 0 unspecified atom stereocenters. The number of methoxy groups -OCH3 is 1. The van der Waals surface area contributed by atoms with Gasteiger partial charge < -0.3 is 19.7 Å². The van der Waals surface area contributed by atoms with Gasteiger partial charge >= 0.3 is 6.09 Å². The largest absolute Gasteiger partial charge is 0.497 e. The Kier molecular flexibility index (Phi) is 7.15. The van der Waals surface area contributed by atoms with Gasteiger partial charge in [0, 0.05) is 51.0 Å². The number of benzene rings is 1. The highest BCUT2D eigenvalue weighted by atomic mass is 16.6. The number of hydrogen-bond acceptors (Lipinski definition) is 6. The molecule has 162 valence electrons. The van der Waals surface area contributed by atoms with Gasteiger partial charge in [0.2, 0.25) is 0 Å². The molecule has 0 radical (unpaired) electrons. The molecule has 2 aromatic rings. The molecular formula is C23H32N4O3. The Labute approximate surface area is 179 Å². The molecule has 1 fully saturated rings. The lowest BCUT2D eigenvalue weighted by molar-refractivity contribution is 0.0139. The Balaban J connectivity index is 1.53. The first-order valence-corrected chi connectivity index (χ1v) is 10.3. The van der Waals surface area contributed by atoms with E-state index in [0.717, 1.165) is 36.8 Å². The summed E-state index contributed by atoms with van der Waals surface area (Å²) in [5.74, 6) is 1.74. The minimum Gasteiger partial charge on any atom is -0.497 e. The highest BCUT2D eigenvalue weighted by molar-refractivity contribution is 5.68. The van der Waals surface area contributed by atoms with Crippen LogP contribution in [0.15, 0.2) is 42.6 Å². The highest BCUT2D eigenvalue weighted by Gasteiger charge is 2.26. The first-order chi connectivity index (χ1) is 14.3. The molecule has 2 heterocycles. The summed E-state index contributed by atoms with van der Waals surface area (Å²) in [6.45, 7) is 10.1. The van der Waals surface area contributed by atoms with E-state index in [1.54, 1.807) is 18.2 Å². The number of piperazine rings is 1. The van der Waals surface area contributed by atoms with Gasteiger partial charge in [0.1, 0.15) is 17.2 Å². The van der Waals surface area contributed by atoms with Crippen LogP contribution in [0.25, 0.3) is 0 Å². The normalized spacial score (nSPS) is 15.0. The van der Waals surface area contributed by atoms with Crippen molar-refractivity contribution in [1.29, 1.82) is 0 Å². The first kappa shape index (κ1) is 21.9.